The Balaban J connectivity index is 2.18. The molecule has 1 aromatic heterocycles. The van der Waals surface area contributed by atoms with Crippen molar-refractivity contribution in [2.75, 3.05) is 6.54 Å². The van der Waals surface area contributed by atoms with Crippen molar-refractivity contribution in [3.8, 4) is 11.3 Å². The van der Waals surface area contributed by atoms with Gasteiger partial charge in [-0.25, -0.2) is 0 Å². The fourth-order valence-electron chi connectivity index (χ4n) is 1.56. The highest BCUT2D eigenvalue weighted by atomic mass is 16.5. The van der Waals surface area contributed by atoms with Gasteiger partial charge in [-0.2, -0.15) is 0 Å². The van der Waals surface area contributed by atoms with Crippen LogP contribution in [0.1, 0.15) is 11.7 Å². The van der Waals surface area contributed by atoms with Crippen LogP contribution in [0.2, 0.25) is 0 Å². The van der Waals surface area contributed by atoms with Crippen LogP contribution in [0.3, 0.4) is 0 Å². The molecule has 90 valence electrons. The van der Waals surface area contributed by atoms with Crippen LogP contribution < -0.4 is 5.73 Å². The largest absolute Gasteiger partial charge is 0.389 e. The first kappa shape index (κ1) is 11.8. The summed E-state index contributed by atoms with van der Waals surface area (Å²) < 4.78 is 5.01. The summed E-state index contributed by atoms with van der Waals surface area (Å²) in [6.07, 6.45) is -0.356. The molecule has 5 heteroatoms. The van der Waals surface area contributed by atoms with Gasteiger partial charge in [0.05, 0.1) is 12.3 Å². The molecule has 0 aliphatic carbocycles. The third-order valence-electron chi connectivity index (χ3n) is 2.58. The zero-order chi connectivity index (χ0) is 12.3. The van der Waals surface area contributed by atoms with Gasteiger partial charge in [-0.3, -0.25) is 0 Å². The summed E-state index contributed by atoms with van der Waals surface area (Å²) in [5, 5.41) is 22.8. The molecule has 5 nitrogen and oxygen atoms in total. The Morgan fingerprint density at radius 3 is 2.41 bits per heavy atom. The zero-order valence-corrected chi connectivity index (χ0v) is 9.15. The molecule has 1 aromatic carbocycles. The van der Waals surface area contributed by atoms with Crippen molar-refractivity contribution < 1.29 is 14.7 Å². The third kappa shape index (κ3) is 2.52. The SMILES string of the molecule is NCC(O)C(O)c1ccc(-c2ccno2)cc1. The molecule has 0 radical (unpaired) electrons. The van der Waals surface area contributed by atoms with E-state index in [1.807, 2.05) is 0 Å². The van der Waals surface area contributed by atoms with Crippen LogP contribution >= 0.6 is 0 Å². The maximum atomic E-state index is 9.74. The molecule has 1 heterocycles. The minimum absolute atomic E-state index is 0.0189. The Bertz CT molecular complexity index is 453. The standard InChI is InChI=1S/C12H14N2O3/c13-7-10(15)12(16)9-3-1-8(2-4-9)11-5-6-14-17-11/h1-6,10,12,15-16H,7,13H2. The van der Waals surface area contributed by atoms with E-state index >= 15 is 0 Å². The van der Waals surface area contributed by atoms with Crippen molar-refractivity contribution in [1.29, 1.82) is 0 Å². The van der Waals surface area contributed by atoms with Crippen molar-refractivity contribution in [3.63, 3.8) is 0 Å². The predicted octanol–water partition coefficient (Wildman–Crippen LogP) is 0.695. The van der Waals surface area contributed by atoms with Crippen molar-refractivity contribution in [2.45, 2.75) is 12.2 Å². The van der Waals surface area contributed by atoms with Crippen molar-refractivity contribution in [3.05, 3.63) is 42.1 Å². The second-order valence-electron chi connectivity index (χ2n) is 3.75. The Kier molecular flexibility index (Phi) is 3.53. The van der Waals surface area contributed by atoms with E-state index in [2.05, 4.69) is 5.16 Å². The van der Waals surface area contributed by atoms with E-state index in [9.17, 15) is 10.2 Å². The molecular formula is C12H14N2O3. The minimum Gasteiger partial charge on any atom is -0.389 e. The molecule has 17 heavy (non-hydrogen) atoms. The molecule has 2 aromatic rings. The summed E-state index contributed by atoms with van der Waals surface area (Å²) in [6, 6.07) is 8.79. The Morgan fingerprint density at radius 2 is 1.88 bits per heavy atom. The van der Waals surface area contributed by atoms with Gasteiger partial charge in [0.2, 0.25) is 0 Å². The van der Waals surface area contributed by atoms with E-state index in [1.165, 1.54) is 0 Å². The van der Waals surface area contributed by atoms with E-state index in [-0.39, 0.29) is 6.54 Å². The Hall–Kier alpha value is -1.69. The molecular weight excluding hydrogens is 220 g/mol. The van der Waals surface area contributed by atoms with Gasteiger partial charge in [0, 0.05) is 18.2 Å². The number of aromatic nitrogens is 1. The zero-order valence-electron chi connectivity index (χ0n) is 9.15. The highest BCUT2D eigenvalue weighted by molar-refractivity contribution is 5.56. The van der Waals surface area contributed by atoms with Gasteiger partial charge >= 0.3 is 0 Å². The van der Waals surface area contributed by atoms with Crippen LogP contribution in [0.25, 0.3) is 11.3 Å². The normalized spacial score (nSPS) is 14.5. The first-order valence-electron chi connectivity index (χ1n) is 5.29. The highest BCUT2D eigenvalue weighted by Gasteiger charge is 2.16. The first-order valence-corrected chi connectivity index (χ1v) is 5.29. The lowest BCUT2D eigenvalue weighted by atomic mass is 10.0. The van der Waals surface area contributed by atoms with Crippen LogP contribution in [-0.2, 0) is 0 Å². The van der Waals surface area contributed by atoms with Crippen LogP contribution in [0, 0.1) is 0 Å². The van der Waals surface area contributed by atoms with Gasteiger partial charge in [0.15, 0.2) is 5.76 Å². The monoisotopic (exact) mass is 234 g/mol. The average molecular weight is 234 g/mol. The lowest BCUT2D eigenvalue weighted by Crippen LogP contribution is -2.27. The number of rotatable bonds is 4. The van der Waals surface area contributed by atoms with Gasteiger partial charge in [0.1, 0.15) is 6.10 Å². The molecule has 2 atom stereocenters. The summed E-state index contributed by atoms with van der Waals surface area (Å²) in [5.41, 5.74) is 6.76. The van der Waals surface area contributed by atoms with Crippen molar-refractivity contribution in [2.24, 2.45) is 5.73 Å². The molecule has 0 saturated carbocycles. The van der Waals surface area contributed by atoms with Crippen LogP contribution in [0.15, 0.2) is 41.1 Å². The lowest BCUT2D eigenvalue weighted by Gasteiger charge is -2.16. The molecule has 2 unspecified atom stereocenters. The lowest BCUT2D eigenvalue weighted by molar-refractivity contribution is 0.0243. The second kappa shape index (κ2) is 5.09. The molecule has 0 amide bonds. The van der Waals surface area contributed by atoms with Crippen molar-refractivity contribution >= 4 is 0 Å². The smallest absolute Gasteiger partial charge is 0.166 e. The van der Waals surface area contributed by atoms with Gasteiger partial charge < -0.3 is 20.5 Å². The molecule has 0 aliphatic heterocycles. The summed E-state index contributed by atoms with van der Waals surface area (Å²) in [5.74, 6) is 0.658. The number of nitrogens with zero attached hydrogens (tertiary/aromatic N) is 1. The van der Waals surface area contributed by atoms with Gasteiger partial charge in [0.25, 0.3) is 0 Å². The van der Waals surface area contributed by atoms with Crippen LogP contribution in [0.5, 0.6) is 0 Å². The van der Waals surface area contributed by atoms with Gasteiger partial charge in [-0.05, 0) is 5.56 Å². The number of nitrogens with two attached hydrogens (primary N) is 1. The number of aliphatic hydroxyl groups is 2. The van der Waals surface area contributed by atoms with Gasteiger partial charge in [-0.15, -0.1) is 0 Å². The van der Waals surface area contributed by atoms with Crippen LogP contribution in [-0.4, -0.2) is 28.0 Å². The summed E-state index contributed by atoms with van der Waals surface area (Å²) in [4.78, 5) is 0. The Morgan fingerprint density at radius 1 is 1.18 bits per heavy atom. The molecule has 2 rings (SSSR count). The summed E-state index contributed by atoms with van der Waals surface area (Å²) in [6.45, 7) is 0.0189. The molecule has 0 aliphatic rings. The summed E-state index contributed by atoms with van der Waals surface area (Å²) in [7, 11) is 0. The topological polar surface area (TPSA) is 92.5 Å². The highest BCUT2D eigenvalue weighted by Crippen LogP contribution is 2.22. The van der Waals surface area contributed by atoms with Gasteiger partial charge in [-0.1, -0.05) is 29.4 Å². The first-order chi connectivity index (χ1) is 8.22. The van der Waals surface area contributed by atoms with Crippen molar-refractivity contribution in [1.82, 2.24) is 5.16 Å². The molecule has 0 spiro atoms. The second-order valence-corrected chi connectivity index (χ2v) is 3.75. The molecule has 0 fully saturated rings. The predicted molar refractivity (Wildman–Crippen MR) is 62.0 cm³/mol. The maximum absolute atomic E-state index is 9.74. The number of hydrogen-bond acceptors (Lipinski definition) is 5. The van der Waals surface area contributed by atoms with E-state index in [1.54, 1.807) is 36.5 Å². The number of aliphatic hydroxyl groups excluding tert-OH is 2. The maximum Gasteiger partial charge on any atom is 0.166 e. The minimum atomic E-state index is -0.969. The van der Waals surface area contributed by atoms with E-state index in [0.717, 1.165) is 5.56 Å². The molecule has 0 bridgehead atoms. The molecule has 0 saturated heterocycles. The van der Waals surface area contributed by atoms with E-state index < -0.39 is 12.2 Å². The van der Waals surface area contributed by atoms with E-state index in [4.69, 9.17) is 10.3 Å². The average Bonchev–Trinajstić information content (AvgIpc) is 2.91. The summed E-state index contributed by atoms with van der Waals surface area (Å²) >= 11 is 0. The fourth-order valence-corrected chi connectivity index (χ4v) is 1.56. The quantitative estimate of drug-likeness (QED) is 0.724. The molecule has 4 N–H and O–H groups in total. The number of hydrogen-bond donors (Lipinski definition) is 3. The Labute approximate surface area is 98.5 Å². The fraction of sp³-hybridized carbons (Fsp3) is 0.250. The van der Waals surface area contributed by atoms with Crippen LogP contribution in [0.4, 0.5) is 0 Å². The number of benzene rings is 1. The third-order valence-corrected chi connectivity index (χ3v) is 2.58. The van der Waals surface area contributed by atoms with E-state index in [0.29, 0.717) is 11.3 Å².